The lowest BCUT2D eigenvalue weighted by Crippen LogP contribution is -2.52. The lowest BCUT2D eigenvalue weighted by Gasteiger charge is -2.45. The Labute approximate surface area is 170 Å². The Morgan fingerprint density at radius 2 is 1.57 bits per heavy atom. The number of methoxy groups -OCH3 is 1. The maximum atomic E-state index is 12.2. The lowest BCUT2D eigenvalue weighted by molar-refractivity contribution is -0.0408. The molecule has 0 aromatic heterocycles. The van der Waals surface area contributed by atoms with Crippen molar-refractivity contribution in [3.05, 3.63) is 40.1 Å². The summed E-state index contributed by atoms with van der Waals surface area (Å²) in [6.07, 6.45) is 4.22. The molecule has 1 N–H and O–H groups in total. The van der Waals surface area contributed by atoms with Gasteiger partial charge in [-0.05, 0) is 89.6 Å². The zero-order valence-electron chi connectivity index (χ0n) is 18.5. The number of benzene rings is 1. The fourth-order valence-corrected chi connectivity index (χ4v) is 5.13. The van der Waals surface area contributed by atoms with Crippen LogP contribution in [0.3, 0.4) is 0 Å². The smallest absolute Gasteiger partial charge is 0.306 e. The van der Waals surface area contributed by atoms with Gasteiger partial charge in [-0.1, -0.05) is 17.7 Å². The molecule has 0 radical (unpaired) electrons. The van der Waals surface area contributed by atoms with E-state index in [0.717, 1.165) is 54.2 Å². The minimum absolute atomic E-state index is 0.194. The molecule has 1 fully saturated rings. The summed E-state index contributed by atoms with van der Waals surface area (Å²) in [6, 6.07) is 4.25. The molecule has 1 aliphatic rings. The molecule has 1 saturated carbocycles. The Morgan fingerprint density at radius 3 is 1.96 bits per heavy atom. The van der Waals surface area contributed by atoms with E-state index in [1.165, 1.54) is 5.56 Å². The van der Waals surface area contributed by atoms with Crippen molar-refractivity contribution in [2.45, 2.75) is 71.4 Å². The zero-order chi connectivity index (χ0) is 21.3. The number of ether oxygens (including phenoxy) is 1. The Bertz CT molecular complexity index is 840. The predicted octanol–water partition coefficient (Wildman–Crippen LogP) is 4.26. The van der Waals surface area contributed by atoms with Crippen LogP contribution < -0.4 is 5.32 Å². The summed E-state index contributed by atoms with van der Waals surface area (Å²) < 4.78 is 35.7. The van der Waals surface area contributed by atoms with E-state index in [4.69, 9.17) is 8.92 Å². The van der Waals surface area contributed by atoms with E-state index in [1.807, 2.05) is 14.0 Å². The van der Waals surface area contributed by atoms with Gasteiger partial charge in [0.2, 0.25) is 0 Å². The second-order valence-corrected chi connectivity index (χ2v) is 10.1. The number of allylic oxidation sites excluding steroid dienone is 1. The molecule has 1 aromatic rings. The van der Waals surface area contributed by atoms with Crippen LogP contribution in [0.25, 0.3) is 5.57 Å². The summed E-state index contributed by atoms with van der Waals surface area (Å²) in [5.74, 6) is 0.505. The standard InChI is InChI=1S/C22H35NO4S/c1-15-13-16(2)19(17(3)14-15)18(4)20(27-28(8,24)25)22(23-6)11-9-21(5,26-7)10-12-22/h13-14,23H,9-12H2,1-8H3/b20-18-. The Kier molecular flexibility index (Phi) is 6.68. The number of hydrogen-bond donors (Lipinski definition) is 1. The van der Waals surface area contributed by atoms with Crippen LogP contribution in [0.5, 0.6) is 0 Å². The van der Waals surface area contributed by atoms with Gasteiger partial charge in [0, 0.05) is 7.11 Å². The van der Waals surface area contributed by atoms with E-state index >= 15 is 0 Å². The molecule has 2 rings (SSSR count). The van der Waals surface area contributed by atoms with Crippen molar-refractivity contribution in [1.82, 2.24) is 5.32 Å². The molecule has 0 bridgehead atoms. The molecule has 0 spiro atoms. The first kappa shape index (κ1) is 22.9. The molecule has 0 heterocycles. The fraction of sp³-hybridized carbons (Fsp3) is 0.636. The summed E-state index contributed by atoms with van der Waals surface area (Å²) in [6.45, 7) is 10.3. The number of rotatable bonds is 6. The highest BCUT2D eigenvalue weighted by Crippen LogP contribution is 2.44. The maximum absolute atomic E-state index is 12.2. The van der Waals surface area contributed by atoms with E-state index in [0.29, 0.717) is 5.76 Å². The van der Waals surface area contributed by atoms with Crippen LogP contribution in [-0.4, -0.2) is 40.0 Å². The van der Waals surface area contributed by atoms with Crippen molar-refractivity contribution in [1.29, 1.82) is 0 Å². The average molecular weight is 410 g/mol. The average Bonchev–Trinajstić information content (AvgIpc) is 2.59. The summed E-state index contributed by atoms with van der Waals surface area (Å²) in [5, 5.41) is 3.40. The van der Waals surface area contributed by atoms with Crippen molar-refractivity contribution in [2.75, 3.05) is 20.4 Å². The summed E-state index contributed by atoms with van der Waals surface area (Å²) >= 11 is 0. The molecule has 0 amide bonds. The predicted molar refractivity (Wildman–Crippen MR) is 115 cm³/mol. The first-order valence-corrected chi connectivity index (χ1v) is 11.6. The van der Waals surface area contributed by atoms with E-state index in [9.17, 15) is 8.42 Å². The normalized spacial score (nSPS) is 26.7. The molecular weight excluding hydrogens is 374 g/mol. The van der Waals surface area contributed by atoms with Gasteiger partial charge in [-0.15, -0.1) is 0 Å². The van der Waals surface area contributed by atoms with Crippen LogP contribution >= 0.6 is 0 Å². The quantitative estimate of drug-likeness (QED) is 0.562. The molecule has 0 atom stereocenters. The van der Waals surface area contributed by atoms with Crippen LogP contribution in [0.15, 0.2) is 17.9 Å². The second kappa shape index (κ2) is 8.17. The molecule has 158 valence electrons. The maximum Gasteiger partial charge on any atom is 0.306 e. The fourth-order valence-electron chi connectivity index (χ4n) is 4.54. The molecule has 1 aromatic carbocycles. The number of aryl methyl sites for hydroxylation is 3. The third kappa shape index (κ3) is 4.78. The molecule has 1 aliphatic carbocycles. The highest BCUT2D eigenvalue weighted by Gasteiger charge is 2.45. The topological polar surface area (TPSA) is 64.6 Å². The van der Waals surface area contributed by atoms with E-state index < -0.39 is 15.7 Å². The van der Waals surface area contributed by atoms with Crippen LogP contribution in [0, 0.1) is 20.8 Å². The van der Waals surface area contributed by atoms with Crippen molar-refractivity contribution < 1.29 is 17.3 Å². The van der Waals surface area contributed by atoms with E-state index in [1.54, 1.807) is 7.11 Å². The third-order valence-electron chi connectivity index (χ3n) is 6.19. The van der Waals surface area contributed by atoms with E-state index in [2.05, 4.69) is 45.1 Å². The first-order valence-electron chi connectivity index (χ1n) is 9.79. The number of hydrogen-bond acceptors (Lipinski definition) is 5. The van der Waals surface area contributed by atoms with Crippen molar-refractivity contribution >= 4 is 15.7 Å². The van der Waals surface area contributed by atoms with Crippen molar-refractivity contribution in [3.8, 4) is 0 Å². The third-order valence-corrected chi connectivity index (χ3v) is 6.66. The highest BCUT2D eigenvalue weighted by molar-refractivity contribution is 7.86. The van der Waals surface area contributed by atoms with Gasteiger partial charge in [0.1, 0.15) is 5.76 Å². The minimum Gasteiger partial charge on any atom is -0.385 e. The largest absolute Gasteiger partial charge is 0.385 e. The Balaban J connectivity index is 2.67. The van der Waals surface area contributed by atoms with Gasteiger partial charge in [0.25, 0.3) is 0 Å². The molecule has 0 saturated heterocycles. The van der Waals surface area contributed by atoms with Gasteiger partial charge in [0.05, 0.1) is 17.4 Å². The van der Waals surface area contributed by atoms with Crippen molar-refractivity contribution in [3.63, 3.8) is 0 Å². The molecule has 0 unspecified atom stereocenters. The van der Waals surface area contributed by atoms with Gasteiger partial charge in [-0.3, -0.25) is 0 Å². The second-order valence-electron chi connectivity index (χ2n) is 8.50. The zero-order valence-corrected chi connectivity index (χ0v) is 19.3. The SMILES string of the molecule is CNC1(/C(OS(C)(=O)=O)=C(\C)c2c(C)cc(C)cc2C)CCC(C)(OC)CC1. The summed E-state index contributed by atoms with van der Waals surface area (Å²) in [7, 11) is -0.0565. The Hall–Kier alpha value is -1.37. The molecule has 28 heavy (non-hydrogen) atoms. The molecular formula is C22H35NO4S. The number of likely N-dealkylation sites (N-methyl/N-ethyl adjacent to an activating group) is 1. The number of nitrogens with one attached hydrogen (secondary N) is 1. The van der Waals surface area contributed by atoms with Gasteiger partial charge in [0.15, 0.2) is 0 Å². The highest BCUT2D eigenvalue weighted by atomic mass is 32.2. The monoisotopic (exact) mass is 409 g/mol. The van der Waals surface area contributed by atoms with Crippen LogP contribution in [0.4, 0.5) is 0 Å². The minimum atomic E-state index is -3.67. The van der Waals surface area contributed by atoms with Gasteiger partial charge < -0.3 is 14.2 Å². The van der Waals surface area contributed by atoms with Gasteiger partial charge >= 0.3 is 10.1 Å². The van der Waals surface area contributed by atoms with Crippen LogP contribution in [0.1, 0.15) is 61.8 Å². The van der Waals surface area contributed by atoms with Crippen molar-refractivity contribution in [2.24, 2.45) is 0 Å². The Morgan fingerprint density at radius 1 is 1.07 bits per heavy atom. The van der Waals surface area contributed by atoms with Gasteiger partial charge in [-0.2, -0.15) is 8.42 Å². The van der Waals surface area contributed by atoms with E-state index in [-0.39, 0.29) is 5.60 Å². The van der Waals surface area contributed by atoms with Crippen LogP contribution in [0.2, 0.25) is 0 Å². The molecule has 0 aliphatic heterocycles. The first-order chi connectivity index (χ1) is 12.9. The lowest BCUT2D eigenvalue weighted by atomic mass is 9.72. The molecule has 6 heteroatoms. The summed E-state index contributed by atoms with van der Waals surface area (Å²) in [4.78, 5) is 0. The summed E-state index contributed by atoms with van der Waals surface area (Å²) in [5.41, 5.74) is 4.61. The van der Waals surface area contributed by atoms with Crippen LogP contribution in [-0.2, 0) is 19.0 Å². The molecule has 5 nitrogen and oxygen atoms in total. The van der Waals surface area contributed by atoms with Gasteiger partial charge in [-0.25, -0.2) is 0 Å².